The molecule has 0 aromatic carbocycles. The highest BCUT2D eigenvalue weighted by Gasteiger charge is 2.30. The molecule has 19 heavy (non-hydrogen) atoms. The number of methoxy groups -OCH3 is 1. The van der Waals surface area contributed by atoms with Crippen molar-refractivity contribution < 1.29 is 14.6 Å². The fraction of sp³-hybridized carbons (Fsp3) is 0.643. The average molecular weight is 283 g/mol. The van der Waals surface area contributed by atoms with E-state index in [4.69, 9.17) is 4.74 Å². The fourth-order valence-corrected chi connectivity index (χ4v) is 3.41. The number of aryl methyl sites for hydroxylation is 1. The average Bonchev–Trinajstić information content (AvgIpc) is 2.78. The number of thiophene rings is 1. The molecule has 1 heterocycles. The van der Waals surface area contributed by atoms with Crippen molar-refractivity contribution in [1.29, 1.82) is 0 Å². The Hall–Kier alpha value is -1.07. The molecule has 1 aliphatic carbocycles. The van der Waals surface area contributed by atoms with Gasteiger partial charge in [-0.25, -0.2) is 0 Å². The van der Waals surface area contributed by atoms with E-state index in [1.165, 1.54) is 17.8 Å². The highest BCUT2D eigenvalue weighted by Crippen LogP contribution is 2.30. The van der Waals surface area contributed by atoms with Gasteiger partial charge < -0.3 is 15.2 Å². The Morgan fingerprint density at radius 1 is 1.47 bits per heavy atom. The fourth-order valence-electron chi connectivity index (χ4n) is 2.51. The molecule has 2 N–H and O–H groups in total. The van der Waals surface area contributed by atoms with E-state index in [2.05, 4.69) is 5.32 Å². The summed E-state index contributed by atoms with van der Waals surface area (Å²) in [6.45, 7) is 2.27. The van der Waals surface area contributed by atoms with Gasteiger partial charge in [0, 0.05) is 11.4 Å². The van der Waals surface area contributed by atoms with Crippen molar-refractivity contribution >= 4 is 17.2 Å². The summed E-state index contributed by atoms with van der Waals surface area (Å²) in [6.07, 6.45) is 4.79. The molecular weight excluding hydrogens is 262 g/mol. The Morgan fingerprint density at radius 2 is 2.16 bits per heavy atom. The summed E-state index contributed by atoms with van der Waals surface area (Å²) in [4.78, 5) is 13.8. The smallest absolute Gasteiger partial charge is 0.265 e. The van der Waals surface area contributed by atoms with Gasteiger partial charge in [-0.3, -0.25) is 4.79 Å². The highest BCUT2D eigenvalue weighted by atomic mass is 32.1. The van der Waals surface area contributed by atoms with Gasteiger partial charge in [0.15, 0.2) is 0 Å². The Bertz CT molecular complexity index is 450. The first-order chi connectivity index (χ1) is 9.04. The molecule has 0 spiro atoms. The minimum atomic E-state index is -0.729. The van der Waals surface area contributed by atoms with Gasteiger partial charge in [0.2, 0.25) is 0 Å². The molecule has 0 radical (unpaired) electrons. The van der Waals surface area contributed by atoms with Crippen LogP contribution in [-0.4, -0.2) is 30.3 Å². The zero-order valence-electron chi connectivity index (χ0n) is 11.5. The maximum absolute atomic E-state index is 12.1. The second-order valence-corrected chi connectivity index (χ2v) is 6.48. The molecule has 1 aromatic heterocycles. The van der Waals surface area contributed by atoms with E-state index >= 15 is 0 Å². The number of carbonyl (C=O) groups excluding carboxylic acids is 1. The summed E-state index contributed by atoms with van der Waals surface area (Å²) in [5.74, 6) is 0.449. The molecule has 0 unspecified atom stereocenters. The Kier molecular flexibility index (Phi) is 4.47. The number of hydrogen-bond acceptors (Lipinski definition) is 4. The van der Waals surface area contributed by atoms with Gasteiger partial charge in [0.05, 0.1) is 12.7 Å². The van der Waals surface area contributed by atoms with E-state index in [9.17, 15) is 9.90 Å². The third kappa shape index (κ3) is 3.48. The van der Waals surface area contributed by atoms with Gasteiger partial charge in [0.25, 0.3) is 5.91 Å². The lowest BCUT2D eigenvalue weighted by molar-refractivity contribution is 0.00527. The number of hydrogen-bond donors (Lipinski definition) is 2. The van der Waals surface area contributed by atoms with Crippen molar-refractivity contribution in [3.8, 4) is 5.75 Å². The van der Waals surface area contributed by atoms with Crippen LogP contribution in [0.25, 0.3) is 0 Å². The Morgan fingerprint density at radius 3 is 2.79 bits per heavy atom. The second-order valence-electron chi connectivity index (χ2n) is 5.22. The normalized spacial score (nSPS) is 18.1. The summed E-state index contributed by atoms with van der Waals surface area (Å²) in [6, 6.07) is 1.86. The number of nitrogens with one attached hydrogen (secondary N) is 1. The molecule has 0 atom stereocenters. The zero-order valence-corrected chi connectivity index (χ0v) is 12.3. The van der Waals surface area contributed by atoms with Crippen LogP contribution in [-0.2, 0) is 0 Å². The predicted octanol–water partition coefficient (Wildman–Crippen LogP) is 2.49. The zero-order chi connectivity index (χ0) is 13.9. The molecule has 1 saturated carbocycles. The van der Waals surface area contributed by atoms with Gasteiger partial charge in [-0.15, -0.1) is 11.3 Å². The molecular formula is C14H21NO3S. The monoisotopic (exact) mass is 283 g/mol. The van der Waals surface area contributed by atoms with Gasteiger partial charge in [-0.05, 0) is 25.8 Å². The largest absolute Gasteiger partial charge is 0.495 e. The summed E-state index contributed by atoms with van der Waals surface area (Å²) in [5, 5.41) is 13.2. The lowest BCUT2D eigenvalue weighted by Gasteiger charge is -2.32. The van der Waals surface area contributed by atoms with Crippen LogP contribution in [0, 0.1) is 6.92 Å². The summed E-state index contributed by atoms with van der Waals surface area (Å²) in [7, 11) is 1.56. The lowest BCUT2D eigenvalue weighted by Crippen LogP contribution is -2.44. The van der Waals surface area contributed by atoms with Crippen LogP contribution in [0.2, 0.25) is 0 Å². The van der Waals surface area contributed by atoms with Crippen molar-refractivity contribution in [3.63, 3.8) is 0 Å². The maximum atomic E-state index is 12.1. The molecule has 5 heteroatoms. The third-order valence-corrected chi connectivity index (χ3v) is 4.64. The van der Waals surface area contributed by atoms with E-state index in [1.807, 2.05) is 13.0 Å². The minimum absolute atomic E-state index is 0.158. The quantitative estimate of drug-likeness (QED) is 0.892. The molecule has 1 fully saturated rings. The van der Waals surface area contributed by atoms with Crippen LogP contribution in [0.4, 0.5) is 0 Å². The van der Waals surface area contributed by atoms with Crippen molar-refractivity contribution in [2.45, 2.75) is 44.6 Å². The van der Waals surface area contributed by atoms with Gasteiger partial charge in [-0.2, -0.15) is 0 Å². The number of aliphatic hydroxyl groups is 1. The standard InChI is InChI=1S/C14H21NO3S/c1-10-8-11(18-2)12(19-10)13(16)15-9-14(17)6-4-3-5-7-14/h8,17H,3-7,9H2,1-2H3,(H,15,16). The van der Waals surface area contributed by atoms with Crippen molar-refractivity contribution in [1.82, 2.24) is 5.32 Å². The third-order valence-electron chi connectivity index (χ3n) is 3.61. The Balaban J connectivity index is 1.97. The number of amides is 1. The topological polar surface area (TPSA) is 58.6 Å². The SMILES string of the molecule is COc1cc(C)sc1C(=O)NCC1(O)CCCCC1. The molecule has 1 aromatic rings. The molecule has 0 bridgehead atoms. The van der Waals surface area contributed by atoms with Crippen LogP contribution >= 0.6 is 11.3 Å². The molecule has 1 aliphatic rings. The van der Waals surface area contributed by atoms with Crippen LogP contribution in [0.3, 0.4) is 0 Å². The van der Waals surface area contributed by atoms with E-state index in [-0.39, 0.29) is 5.91 Å². The van der Waals surface area contributed by atoms with Crippen molar-refractivity contribution in [2.75, 3.05) is 13.7 Å². The predicted molar refractivity (Wildman–Crippen MR) is 76.0 cm³/mol. The van der Waals surface area contributed by atoms with Gasteiger partial charge in [-0.1, -0.05) is 19.3 Å². The van der Waals surface area contributed by atoms with Crippen LogP contribution < -0.4 is 10.1 Å². The van der Waals surface area contributed by atoms with E-state index in [0.29, 0.717) is 17.2 Å². The second kappa shape index (κ2) is 5.92. The maximum Gasteiger partial charge on any atom is 0.265 e. The summed E-state index contributed by atoms with van der Waals surface area (Å²) >= 11 is 1.41. The van der Waals surface area contributed by atoms with Gasteiger partial charge in [0.1, 0.15) is 10.6 Å². The van der Waals surface area contributed by atoms with Crippen molar-refractivity contribution in [2.24, 2.45) is 0 Å². The first-order valence-corrected chi connectivity index (χ1v) is 7.51. The Labute approximate surface area is 117 Å². The number of ether oxygens (including phenoxy) is 1. The molecule has 4 nitrogen and oxygen atoms in total. The summed E-state index contributed by atoms with van der Waals surface area (Å²) < 4.78 is 5.19. The first-order valence-electron chi connectivity index (χ1n) is 6.69. The first kappa shape index (κ1) is 14.3. The summed E-state index contributed by atoms with van der Waals surface area (Å²) in [5.41, 5.74) is -0.729. The van der Waals surface area contributed by atoms with Gasteiger partial charge >= 0.3 is 0 Å². The van der Waals surface area contributed by atoms with Crippen LogP contribution in [0.5, 0.6) is 5.75 Å². The van der Waals surface area contributed by atoms with E-state index in [0.717, 1.165) is 30.6 Å². The van der Waals surface area contributed by atoms with Crippen molar-refractivity contribution in [3.05, 3.63) is 15.8 Å². The van der Waals surface area contributed by atoms with E-state index < -0.39 is 5.60 Å². The molecule has 1 amide bonds. The number of rotatable bonds is 4. The molecule has 106 valence electrons. The van der Waals surface area contributed by atoms with E-state index in [1.54, 1.807) is 7.11 Å². The molecule has 2 rings (SSSR count). The molecule has 0 aliphatic heterocycles. The number of carbonyl (C=O) groups is 1. The van der Waals surface area contributed by atoms with Crippen LogP contribution in [0.15, 0.2) is 6.07 Å². The van der Waals surface area contributed by atoms with Crippen LogP contribution in [0.1, 0.15) is 46.7 Å². The highest BCUT2D eigenvalue weighted by molar-refractivity contribution is 7.14. The molecule has 0 saturated heterocycles. The minimum Gasteiger partial charge on any atom is -0.495 e. The lowest BCUT2D eigenvalue weighted by atomic mass is 9.85.